The normalized spacial score (nSPS) is 9.78. The fourth-order valence-corrected chi connectivity index (χ4v) is 5.61. The Morgan fingerprint density at radius 2 is 0.984 bits per heavy atom. The average Bonchev–Trinajstić information content (AvgIpc) is 4.06. The highest BCUT2D eigenvalue weighted by atomic mass is 16.7. The van der Waals surface area contributed by atoms with Crippen LogP contribution < -0.4 is 36.7 Å². The zero-order valence-corrected chi connectivity index (χ0v) is 34.1. The second kappa shape index (κ2) is 23.4. The van der Waals surface area contributed by atoms with E-state index in [4.69, 9.17) is 42.8 Å². The smallest absolute Gasteiger partial charge is 0.307 e. The van der Waals surface area contributed by atoms with Crippen molar-refractivity contribution in [3.05, 3.63) is 152 Å². The molecule has 0 fully saturated rings. The predicted octanol–water partition coefficient (Wildman–Crippen LogP) is 8.12. The van der Waals surface area contributed by atoms with E-state index in [1.807, 2.05) is 48.5 Å². The summed E-state index contributed by atoms with van der Waals surface area (Å²) in [6, 6.07) is 33.9. The van der Waals surface area contributed by atoms with Crippen molar-refractivity contribution in [3.63, 3.8) is 0 Å². The zero-order chi connectivity index (χ0) is 44.8. The molecule has 0 aliphatic heterocycles. The van der Waals surface area contributed by atoms with Crippen molar-refractivity contribution in [3.8, 4) is 58.6 Å². The predicted molar refractivity (Wildman–Crippen MR) is 234 cm³/mol. The molecule has 0 unspecified atom stereocenters. The quantitative estimate of drug-likeness (QED) is 0.0376. The minimum atomic E-state index is -0.909. The van der Waals surface area contributed by atoms with Crippen LogP contribution >= 0.6 is 0 Å². The number of nitrogens with one attached hydrogen (secondary N) is 5. The number of carbonyl (C=O) groups excluding carboxylic acids is 1. The summed E-state index contributed by atoms with van der Waals surface area (Å²) in [4.78, 5) is 51.0. The molecule has 1 amide bonds. The van der Waals surface area contributed by atoms with Crippen molar-refractivity contribution in [2.45, 2.75) is 12.8 Å². The van der Waals surface area contributed by atoms with E-state index in [1.165, 1.54) is 12.8 Å². The van der Waals surface area contributed by atoms with E-state index in [0.29, 0.717) is 51.3 Å². The molecule has 7 rings (SSSR count). The fourth-order valence-electron chi connectivity index (χ4n) is 5.61. The van der Waals surface area contributed by atoms with E-state index in [0.717, 1.165) is 22.4 Å². The number of aromatic nitrogens is 2. The van der Waals surface area contributed by atoms with Gasteiger partial charge in [-0.05, 0) is 71.8 Å². The van der Waals surface area contributed by atoms with Crippen molar-refractivity contribution in [2.24, 2.45) is 0 Å². The van der Waals surface area contributed by atoms with Crippen molar-refractivity contribution in [2.75, 3.05) is 41.5 Å². The molecule has 2 heterocycles. The summed E-state index contributed by atoms with van der Waals surface area (Å²) in [6.07, 6.45) is 15.4. The first-order chi connectivity index (χ1) is 31.4. The Morgan fingerprint density at radius 3 is 1.41 bits per heavy atom. The standard InChI is InChI=1S/C26H22N4O5.C20H17N3O6/c1-32-24-16-22(10-11-23(24)25-17-27-18-33-25)30-35-13-12-34-29-21-9-5-6-19(14-21)15-26(31)28-20-7-3-2-4-8-20;1-26-18-11-16(5-6-17(18)19-12-21-13-27-19)23-29-8-7-28-22-15-4-2-3-14(9-15)10-20(24)25/h2-11,14,16-18,29-30H,15H2,1H3,(H,28,31);2-6,9,11-13,22-23H,10H2,1H3,(H,24,25). The molecule has 2 aromatic heterocycles. The van der Waals surface area contributed by atoms with E-state index in [9.17, 15) is 9.59 Å². The molecule has 0 bridgehead atoms. The molecule has 0 saturated heterocycles. The highest BCUT2D eigenvalue weighted by Crippen LogP contribution is 2.33. The monoisotopic (exact) mass is 865 g/mol. The molecule has 324 valence electrons. The molecule has 0 radical (unpaired) electrons. The zero-order valence-electron chi connectivity index (χ0n) is 34.1. The molecule has 0 spiro atoms. The van der Waals surface area contributed by atoms with Gasteiger partial charge in [0.25, 0.3) is 0 Å². The third kappa shape index (κ3) is 13.8. The number of hydrogen-bond donors (Lipinski definition) is 6. The largest absolute Gasteiger partial charge is 0.496 e. The number of rotatable bonds is 17. The number of ether oxygens (including phenoxy) is 2. The summed E-state index contributed by atoms with van der Waals surface area (Å²) in [6.45, 7) is 0. The number of carboxylic acid groups (broad SMARTS) is 1. The van der Waals surface area contributed by atoms with Gasteiger partial charge in [0.2, 0.25) is 5.91 Å². The van der Waals surface area contributed by atoms with Gasteiger partial charge in [-0.1, -0.05) is 42.5 Å². The Kier molecular flexibility index (Phi) is 16.1. The first-order valence-electron chi connectivity index (χ1n) is 18.9. The molecule has 7 aromatic rings. The third-order valence-corrected chi connectivity index (χ3v) is 8.39. The maximum Gasteiger partial charge on any atom is 0.307 e. The Morgan fingerprint density at radius 1 is 0.547 bits per heavy atom. The van der Waals surface area contributed by atoms with Crippen LogP contribution in [0.1, 0.15) is 11.1 Å². The number of carboxylic acids is 1. The summed E-state index contributed by atoms with van der Waals surface area (Å²) in [5.41, 5.74) is 16.8. The van der Waals surface area contributed by atoms with Gasteiger partial charge in [0.05, 0.1) is 73.3 Å². The van der Waals surface area contributed by atoms with Crippen molar-refractivity contribution in [1.29, 1.82) is 0 Å². The summed E-state index contributed by atoms with van der Waals surface area (Å²) in [5.74, 6) is 1.31. The lowest BCUT2D eigenvalue weighted by Gasteiger charge is -2.09. The van der Waals surface area contributed by atoms with Crippen LogP contribution in [0.15, 0.2) is 149 Å². The van der Waals surface area contributed by atoms with Crippen LogP contribution in [0.5, 0.6) is 11.5 Å². The molecule has 18 heteroatoms. The number of oxazole rings is 2. The molecule has 5 aromatic carbocycles. The number of anilines is 5. The molecule has 0 aliphatic rings. The molecule has 6 N–H and O–H groups in total. The molecule has 18 nitrogen and oxygen atoms in total. The highest BCUT2D eigenvalue weighted by molar-refractivity contribution is 5.92. The van der Waals surface area contributed by atoms with E-state index < -0.39 is 5.97 Å². The lowest BCUT2D eigenvalue weighted by Crippen LogP contribution is -2.14. The number of methoxy groups -OCH3 is 2. The van der Waals surface area contributed by atoms with Crippen LogP contribution in [0.3, 0.4) is 0 Å². The van der Waals surface area contributed by atoms with Gasteiger partial charge in [-0.2, -0.15) is 0 Å². The van der Waals surface area contributed by atoms with Crippen LogP contribution in [0, 0.1) is 24.4 Å². The average molecular weight is 866 g/mol. The number of carbonyl (C=O) groups is 2. The number of hydrogen-bond acceptors (Lipinski definition) is 16. The van der Waals surface area contributed by atoms with Crippen LogP contribution in [-0.4, -0.2) is 41.2 Å². The van der Waals surface area contributed by atoms with Gasteiger partial charge in [-0.15, -0.1) is 0 Å². The van der Waals surface area contributed by atoms with Gasteiger partial charge in [0.15, 0.2) is 48.7 Å². The second-order valence-corrected chi connectivity index (χ2v) is 12.8. The maximum absolute atomic E-state index is 12.2. The summed E-state index contributed by atoms with van der Waals surface area (Å²) >= 11 is 0. The van der Waals surface area contributed by atoms with E-state index in [-0.39, 0.29) is 18.7 Å². The minimum Gasteiger partial charge on any atom is -0.496 e. The number of para-hydroxylation sites is 1. The van der Waals surface area contributed by atoms with Crippen LogP contribution in [0.2, 0.25) is 0 Å². The Bertz CT molecular complexity index is 2710. The van der Waals surface area contributed by atoms with Crippen LogP contribution in [0.25, 0.3) is 22.6 Å². The van der Waals surface area contributed by atoms with Crippen LogP contribution in [0.4, 0.5) is 28.4 Å². The third-order valence-electron chi connectivity index (χ3n) is 8.39. The van der Waals surface area contributed by atoms with Gasteiger partial charge < -0.3 is 48.1 Å². The lowest BCUT2D eigenvalue weighted by molar-refractivity contribution is -0.136. The van der Waals surface area contributed by atoms with E-state index >= 15 is 0 Å². The number of aliphatic carboxylic acids is 1. The lowest BCUT2D eigenvalue weighted by atomic mass is 10.1. The van der Waals surface area contributed by atoms with Gasteiger partial charge >= 0.3 is 5.97 Å². The minimum absolute atomic E-state index is 0.0765. The molecule has 0 saturated carbocycles. The van der Waals surface area contributed by atoms with Crippen molar-refractivity contribution < 1.29 is 52.4 Å². The van der Waals surface area contributed by atoms with Gasteiger partial charge in [0.1, 0.15) is 11.5 Å². The number of amides is 1. The SMILES string of the molecule is COc1cc(NOC#CONc2cccc(CC(=O)Nc3ccccc3)c2)ccc1-c1cnco1.COc1cc(NOC#CONc2cccc(CC(=O)O)c2)ccc1-c1cnco1. The first kappa shape index (κ1) is 44.1. The van der Waals surface area contributed by atoms with Gasteiger partial charge in [-0.25, -0.2) is 31.9 Å². The second-order valence-electron chi connectivity index (χ2n) is 12.8. The number of nitrogens with zero attached hydrogens (tertiary/aromatic N) is 2. The topological polar surface area (TPSA) is 222 Å². The highest BCUT2D eigenvalue weighted by Gasteiger charge is 2.12. The van der Waals surface area contributed by atoms with Crippen LogP contribution in [-0.2, 0) is 41.8 Å². The van der Waals surface area contributed by atoms with E-state index in [2.05, 4.69) is 61.6 Å². The first-order valence-corrected chi connectivity index (χ1v) is 18.9. The number of benzene rings is 5. The molecule has 0 aliphatic carbocycles. The van der Waals surface area contributed by atoms with Crippen molar-refractivity contribution >= 4 is 40.3 Å². The molecular formula is C46H39N7O11. The maximum atomic E-state index is 12.2. The summed E-state index contributed by atoms with van der Waals surface area (Å²) in [7, 11) is 3.11. The summed E-state index contributed by atoms with van der Waals surface area (Å²) < 4.78 is 21.3. The van der Waals surface area contributed by atoms with E-state index in [1.54, 1.807) is 93.3 Å². The summed E-state index contributed by atoms with van der Waals surface area (Å²) in [5, 5.41) is 11.7. The Labute approximate surface area is 366 Å². The van der Waals surface area contributed by atoms with Gasteiger partial charge in [0, 0.05) is 17.8 Å². The fraction of sp³-hybridized carbons (Fsp3) is 0.0870. The molecule has 64 heavy (non-hydrogen) atoms. The molecular weight excluding hydrogens is 827 g/mol. The molecule has 0 atom stereocenters. The van der Waals surface area contributed by atoms with Crippen molar-refractivity contribution in [1.82, 2.24) is 9.97 Å². The Balaban J connectivity index is 0.000000216. The Hall–Kier alpha value is -9.42. The van der Waals surface area contributed by atoms with Gasteiger partial charge in [-0.3, -0.25) is 9.59 Å².